The third kappa shape index (κ3) is 15.6. The number of carbonyl (C=O) groups is 1. The minimum Gasteiger partial charge on any atom is -0.508 e. The van der Waals surface area contributed by atoms with Crippen LogP contribution in [0, 0.1) is 0 Å². The highest BCUT2D eigenvalue weighted by molar-refractivity contribution is 9.11. The number of aromatic hydroxyl groups is 1. The Morgan fingerprint density at radius 1 is 0.261 bits per heavy atom. The number of benzene rings is 15. The van der Waals surface area contributed by atoms with E-state index in [1.165, 1.54) is 89.0 Å². The van der Waals surface area contributed by atoms with Crippen molar-refractivity contribution in [1.82, 2.24) is 0 Å². The van der Waals surface area contributed by atoms with E-state index in [0.29, 0.717) is 5.75 Å². The fourth-order valence-electron chi connectivity index (χ4n) is 20.3. The quantitative estimate of drug-likeness (QED) is 0.130. The molecule has 0 radical (unpaired) electrons. The first-order chi connectivity index (χ1) is 64.0. The number of carbonyl (C=O) groups excluding carboxylic acids is 1. The van der Waals surface area contributed by atoms with Gasteiger partial charge in [0.1, 0.15) is 40.2 Å². The van der Waals surface area contributed by atoms with Crippen molar-refractivity contribution in [2.45, 2.75) is 133 Å². The van der Waals surface area contributed by atoms with Crippen LogP contribution in [0.25, 0.3) is 44.5 Å². The number of halogens is 6. The fourth-order valence-corrected chi connectivity index (χ4v) is 22.2. The van der Waals surface area contributed by atoms with Gasteiger partial charge in [0.25, 0.3) is 0 Å². The summed E-state index contributed by atoms with van der Waals surface area (Å²) < 4.78 is 68.9. The first kappa shape index (κ1) is 92.7. The van der Waals surface area contributed by atoms with Crippen LogP contribution in [0.5, 0.6) is 40.2 Å². The summed E-state index contributed by atoms with van der Waals surface area (Å²) in [7, 11) is -1.42. The van der Waals surface area contributed by atoms with Gasteiger partial charge in [-0.15, -0.1) is 0 Å². The fraction of sp³-hybridized carbons (Fsp3) is 0.188. The third-order valence-electron chi connectivity index (χ3n) is 28.2. The van der Waals surface area contributed by atoms with E-state index in [1.807, 2.05) is 140 Å². The van der Waals surface area contributed by atoms with Crippen LogP contribution in [0.1, 0.15) is 166 Å². The maximum atomic E-state index is 12.1. The molecular weight excluding hydrogens is 1950 g/mol. The van der Waals surface area contributed by atoms with Gasteiger partial charge in [-0.05, 0) is 267 Å². The van der Waals surface area contributed by atoms with Crippen LogP contribution < -0.4 is 19.7 Å². The van der Waals surface area contributed by atoms with Gasteiger partial charge in [0, 0.05) is 57.9 Å². The molecule has 10 aliphatic rings. The summed E-state index contributed by atoms with van der Waals surface area (Å²) in [5.41, 5.74) is 23.6. The number of phenols is 1. The molecule has 3 spiro atoms. The lowest BCUT2D eigenvalue weighted by molar-refractivity contribution is 0.00578. The van der Waals surface area contributed by atoms with E-state index in [9.17, 15) is 9.36 Å². The molecule has 0 atom stereocenters. The van der Waals surface area contributed by atoms with E-state index >= 15 is 0 Å². The molecule has 4 aliphatic carbocycles. The molecule has 0 bridgehead atoms. The minimum absolute atomic E-state index is 0.119. The normalized spacial score (nSPS) is 17.6. The summed E-state index contributed by atoms with van der Waals surface area (Å²) in [6, 6.07) is 119. The van der Waals surface area contributed by atoms with Crippen molar-refractivity contribution in [3.63, 3.8) is 0 Å². The molecule has 3 saturated heterocycles. The summed E-state index contributed by atoms with van der Waals surface area (Å²) in [5, 5.41) is 5.41. The summed E-state index contributed by atoms with van der Waals surface area (Å²) in [4.78, 5) is 12.1. The zero-order valence-electron chi connectivity index (χ0n) is 75.8. The van der Waals surface area contributed by atoms with Gasteiger partial charge in [-0.1, -0.05) is 327 Å². The second kappa shape index (κ2) is 35.3. The predicted octanol–water partition coefficient (Wildman–Crippen LogP) is 30.4. The Bertz CT molecular complexity index is 6790. The lowest BCUT2D eigenvalue weighted by atomic mass is 9.49. The Hall–Kier alpha value is -10.3. The van der Waals surface area contributed by atoms with E-state index in [0.717, 1.165) is 86.8 Å². The molecule has 0 aromatic heterocycles. The zero-order chi connectivity index (χ0) is 94.0. The van der Waals surface area contributed by atoms with Crippen molar-refractivity contribution in [1.29, 1.82) is 0 Å². The van der Waals surface area contributed by atoms with Crippen LogP contribution in [0.4, 0.5) is 0 Å². The molecule has 3 fully saturated rings. The summed E-state index contributed by atoms with van der Waals surface area (Å²) in [6.45, 7) is 24.7. The molecule has 0 amide bonds. The number of fused-ring (bicyclic) bond motifs is 30. The van der Waals surface area contributed by atoms with E-state index in [-0.39, 0.29) is 39.0 Å². The van der Waals surface area contributed by atoms with Crippen LogP contribution >= 0.6 is 86.7 Å². The second-order valence-electron chi connectivity index (χ2n) is 37.4. The number of rotatable bonds is 2. The van der Waals surface area contributed by atoms with Crippen molar-refractivity contribution in [2.75, 3.05) is 0 Å². The Morgan fingerprint density at radius 2 is 0.500 bits per heavy atom. The molecule has 22 heteroatoms. The van der Waals surface area contributed by atoms with Crippen molar-refractivity contribution < 1.29 is 56.6 Å². The van der Waals surface area contributed by atoms with Gasteiger partial charge in [0.05, 0.1) is 49.9 Å². The maximum Gasteiger partial charge on any atom is 0.495 e. The van der Waals surface area contributed by atoms with Crippen LogP contribution in [-0.2, 0) is 48.7 Å². The summed E-state index contributed by atoms with van der Waals surface area (Å²) in [5.74, 6) is 5.92. The highest BCUT2D eigenvalue weighted by Crippen LogP contribution is 2.68. The largest absolute Gasteiger partial charge is 0.508 e. The number of ether oxygens (including phenoxy) is 3. The first-order valence-corrected chi connectivity index (χ1v) is 51.4. The molecule has 25 rings (SSSR count). The third-order valence-corrected chi connectivity index (χ3v) is 30.2. The SMILES string of the molecule is Brc1cccc2c1C1(c3ccccc3Oc3ccccc31)c1ccccc1-2.Brc1cccc2c1C1(c3ccccc3Oc3ccccc31)c1ccccc1-2.CC1(C)OB(B2OC(C)(C)C(C)(C)O2)OC1(C)C.CC1(C)OB(c2cccc3c2C2(c4ccccc4Oc4ccccc42)c2ccccc2-3)OC1(C)C.O=C1c2ccccc2-c2cccc(Br)c21.O=P(Cl)(Cl)Cl.Oc1ccccc1. The first-order valence-electron chi connectivity index (χ1n) is 44.6. The molecule has 1 N–H and O–H groups in total. The van der Waals surface area contributed by atoms with E-state index in [2.05, 4.69) is 346 Å². The van der Waals surface area contributed by atoms with Crippen LogP contribution in [-0.4, -0.2) is 65.6 Å². The van der Waals surface area contributed by atoms with Gasteiger partial charge in [0.15, 0.2) is 5.78 Å². The van der Waals surface area contributed by atoms with Gasteiger partial charge in [-0.3, -0.25) is 9.36 Å². The Balaban J connectivity index is 0.000000107. The standard InChI is InChI=1S/C31H27BO3.2C25H15BrO.C13H7BrO.C12H24B2O4.C6H6O.Cl3OP/c1-29(2)30(3,4)35-32(34-29)25-17-11-13-21-20-12-5-6-14-22(20)31(28(21)25)23-15-7-9-18-26(23)33-27-19-10-8-16-24(27)31;2*26-21-13-7-9-17-16-8-1-2-10-18(16)25(24(17)21)19-11-3-5-14-22(19)27-23-15-6-4-12-20(23)25;14-11-7-3-6-9-8-4-1-2-5-10(8)13(15)12(9)11;1-9(2)10(3,4)16-13(15-9)14-17-11(5,6)12(7,8)18-14;7-6-4-2-1-3-5-6;1-5(2,3)4/h5-19H,1-4H3;2*1-15H;1-7H;1-8H3;1-5,7H;. The molecule has 15 aromatic rings. The Morgan fingerprint density at radius 3 is 0.821 bits per heavy atom. The molecular formula is C112H94B3Br3Cl3O12P. The van der Waals surface area contributed by atoms with Gasteiger partial charge < -0.3 is 47.2 Å². The molecule has 0 saturated carbocycles. The predicted molar refractivity (Wildman–Crippen MR) is 551 cm³/mol. The van der Waals surface area contributed by atoms with Crippen molar-refractivity contribution in [3.8, 4) is 84.8 Å². The van der Waals surface area contributed by atoms with Crippen molar-refractivity contribution in [2.24, 2.45) is 0 Å². The van der Waals surface area contributed by atoms with Gasteiger partial charge in [-0.2, -0.15) is 0 Å². The van der Waals surface area contributed by atoms with Gasteiger partial charge in [0.2, 0.25) is 0 Å². The van der Waals surface area contributed by atoms with Crippen LogP contribution in [0.3, 0.4) is 0 Å². The zero-order valence-corrected chi connectivity index (χ0v) is 83.7. The number of ketones is 1. The lowest BCUT2D eigenvalue weighted by Gasteiger charge is -2.40. The number of para-hydroxylation sites is 7. The van der Waals surface area contributed by atoms with E-state index < -0.39 is 43.0 Å². The summed E-state index contributed by atoms with van der Waals surface area (Å²) >= 11 is 25.0. The topological polar surface area (TPSA) is 137 Å². The molecule has 6 heterocycles. The monoisotopic (exact) mass is 2040 g/mol. The van der Waals surface area contributed by atoms with E-state index in [4.69, 9.17) is 47.2 Å². The summed E-state index contributed by atoms with van der Waals surface area (Å²) in [6.07, 6.45) is 0. The molecule has 0 unspecified atom stereocenters. The Labute approximate surface area is 823 Å². The van der Waals surface area contributed by atoms with Gasteiger partial charge >= 0.3 is 26.3 Å². The minimum atomic E-state index is -3.22. The number of phenolic OH excluding ortho intramolecular Hbond substituents is 1. The number of hydrogen-bond acceptors (Lipinski definition) is 12. The molecule has 15 aromatic carbocycles. The molecule has 134 heavy (non-hydrogen) atoms. The maximum absolute atomic E-state index is 12.1. The molecule has 6 aliphatic heterocycles. The number of hydrogen-bond donors (Lipinski definition) is 1. The van der Waals surface area contributed by atoms with Crippen LogP contribution in [0.2, 0.25) is 0 Å². The van der Waals surface area contributed by atoms with Crippen molar-refractivity contribution >= 4 is 119 Å². The average Bonchev–Trinajstić information content (AvgIpc) is 1.52. The second-order valence-corrected chi connectivity index (χ2v) is 46.6. The average molecular weight is 2040 g/mol. The Kier molecular flexibility index (Phi) is 24.5. The smallest absolute Gasteiger partial charge is 0.495 e. The molecule has 670 valence electrons. The highest BCUT2D eigenvalue weighted by Gasteiger charge is 2.65. The highest BCUT2D eigenvalue weighted by atomic mass is 79.9. The van der Waals surface area contributed by atoms with Crippen LogP contribution in [0.15, 0.2) is 359 Å². The van der Waals surface area contributed by atoms with Gasteiger partial charge in [-0.25, -0.2) is 0 Å². The lowest BCUT2D eigenvalue weighted by Crippen LogP contribution is -2.43. The van der Waals surface area contributed by atoms with E-state index in [1.54, 1.807) is 24.3 Å². The molecule has 12 nitrogen and oxygen atoms in total. The van der Waals surface area contributed by atoms with Crippen molar-refractivity contribution in [3.05, 3.63) is 437 Å².